The highest BCUT2D eigenvalue weighted by molar-refractivity contribution is 5.31. The Morgan fingerprint density at radius 2 is 2.23 bits per heavy atom. The first kappa shape index (κ1) is 14.8. The first-order valence-electron chi connectivity index (χ1n) is 7.61. The lowest BCUT2D eigenvalue weighted by atomic mass is 10.0. The van der Waals surface area contributed by atoms with E-state index in [2.05, 4.69) is 33.9 Å². The van der Waals surface area contributed by atoms with Crippen molar-refractivity contribution >= 4 is 5.82 Å². The van der Waals surface area contributed by atoms with Gasteiger partial charge < -0.3 is 10.5 Å². The van der Waals surface area contributed by atoms with Crippen LogP contribution < -0.4 is 10.5 Å². The van der Waals surface area contributed by atoms with E-state index < -0.39 is 0 Å². The van der Waals surface area contributed by atoms with Gasteiger partial charge in [0.2, 0.25) is 0 Å². The zero-order chi connectivity index (χ0) is 15.5. The van der Waals surface area contributed by atoms with Crippen LogP contribution >= 0.6 is 0 Å². The van der Waals surface area contributed by atoms with Crippen molar-refractivity contribution in [1.29, 1.82) is 0 Å². The third kappa shape index (κ3) is 3.20. The number of nitrogens with zero attached hydrogens (tertiary/aromatic N) is 3. The molecule has 5 nitrogen and oxygen atoms in total. The van der Waals surface area contributed by atoms with E-state index in [4.69, 9.17) is 10.5 Å². The van der Waals surface area contributed by atoms with E-state index in [1.54, 1.807) is 19.4 Å². The molecule has 1 aromatic carbocycles. The Balaban J connectivity index is 1.82. The second-order valence-electron chi connectivity index (χ2n) is 5.96. The van der Waals surface area contributed by atoms with Crippen LogP contribution in [0.4, 0.5) is 5.82 Å². The molecular weight excluding hydrogens is 276 g/mol. The Hall–Kier alpha value is -2.14. The monoisotopic (exact) mass is 298 g/mol. The molecule has 2 heterocycles. The van der Waals surface area contributed by atoms with Crippen LogP contribution in [0.1, 0.15) is 30.8 Å². The predicted molar refractivity (Wildman–Crippen MR) is 86.4 cm³/mol. The minimum Gasteiger partial charge on any atom is -0.497 e. The number of ether oxygens (including phenoxy) is 1. The molecule has 0 spiro atoms. The zero-order valence-corrected chi connectivity index (χ0v) is 13.1. The van der Waals surface area contributed by atoms with Crippen LogP contribution in [0.3, 0.4) is 0 Å². The van der Waals surface area contributed by atoms with Gasteiger partial charge >= 0.3 is 0 Å². The van der Waals surface area contributed by atoms with Gasteiger partial charge in [-0.05, 0) is 36.1 Å². The van der Waals surface area contributed by atoms with Crippen LogP contribution in [0.5, 0.6) is 5.75 Å². The molecule has 1 aliphatic heterocycles. The summed E-state index contributed by atoms with van der Waals surface area (Å²) in [5.74, 6) is 2.85. The third-order valence-corrected chi connectivity index (χ3v) is 4.16. The highest BCUT2D eigenvalue weighted by atomic mass is 16.5. The van der Waals surface area contributed by atoms with Crippen molar-refractivity contribution in [2.75, 3.05) is 19.4 Å². The average Bonchev–Trinajstić information content (AvgIpc) is 2.88. The Labute approximate surface area is 131 Å². The van der Waals surface area contributed by atoms with Gasteiger partial charge in [-0.15, -0.1) is 0 Å². The molecule has 116 valence electrons. The maximum atomic E-state index is 5.76. The van der Waals surface area contributed by atoms with E-state index >= 15 is 0 Å². The van der Waals surface area contributed by atoms with E-state index in [0.717, 1.165) is 31.1 Å². The lowest BCUT2D eigenvalue weighted by molar-refractivity contribution is 0.239. The summed E-state index contributed by atoms with van der Waals surface area (Å²) in [5, 5.41) is 0. The first-order chi connectivity index (χ1) is 10.7. The normalized spacial score (nSPS) is 21.9. The molecule has 1 aliphatic rings. The van der Waals surface area contributed by atoms with Gasteiger partial charge in [0, 0.05) is 18.8 Å². The number of aromatic nitrogens is 2. The molecule has 3 rings (SSSR count). The van der Waals surface area contributed by atoms with Crippen molar-refractivity contribution in [3.05, 3.63) is 47.9 Å². The Morgan fingerprint density at radius 3 is 3.00 bits per heavy atom. The molecule has 5 heteroatoms. The van der Waals surface area contributed by atoms with Gasteiger partial charge in [-0.1, -0.05) is 19.1 Å². The molecule has 22 heavy (non-hydrogen) atoms. The number of methoxy groups -OCH3 is 1. The van der Waals surface area contributed by atoms with Crippen LogP contribution in [-0.2, 0) is 6.54 Å². The van der Waals surface area contributed by atoms with Crippen molar-refractivity contribution < 1.29 is 4.74 Å². The van der Waals surface area contributed by atoms with Crippen molar-refractivity contribution in [2.45, 2.75) is 25.9 Å². The van der Waals surface area contributed by atoms with Gasteiger partial charge in [-0.25, -0.2) is 9.97 Å². The molecule has 0 amide bonds. The number of likely N-dealkylation sites (tertiary alicyclic amines) is 1. The summed E-state index contributed by atoms with van der Waals surface area (Å²) in [6.45, 7) is 4.05. The minimum absolute atomic E-state index is 0.370. The molecule has 1 fully saturated rings. The Bertz CT molecular complexity index is 646. The van der Waals surface area contributed by atoms with Gasteiger partial charge in [0.15, 0.2) is 0 Å². The van der Waals surface area contributed by atoms with E-state index in [9.17, 15) is 0 Å². The van der Waals surface area contributed by atoms with Crippen LogP contribution in [-0.4, -0.2) is 28.5 Å². The van der Waals surface area contributed by atoms with Crippen LogP contribution in [0.2, 0.25) is 0 Å². The molecular formula is C17H22N4O. The average molecular weight is 298 g/mol. The summed E-state index contributed by atoms with van der Waals surface area (Å²) in [6.07, 6.45) is 2.85. The van der Waals surface area contributed by atoms with Crippen molar-refractivity contribution in [3.8, 4) is 5.75 Å². The summed E-state index contributed by atoms with van der Waals surface area (Å²) in [4.78, 5) is 11.1. The van der Waals surface area contributed by atoms with E-state index in [1.807, 2.05) is 12.1 Å². The quantitative estimate of drug-likeness (QED) is 0.940. The van der Waals surface area contributed by atoms with Gasteiger partial charge in [-0.3, -0.25) is 4.90 Å². The number of hydrogen-bond acceptors (Lipinski definition) is 5. The van der Waals surface area contributed by atoms with Gasteiger partial charge in [0.25, 0.3) is 0 Å². The fourth-order valence-electron chi connectivity index (χ4n) is 3.18. The SMILES string of the molecule is COc1cccc(C2CC(C)CN2Cc2nccc(N)n2)c1. The second-order valence-corrected chi connectivity index (χ2v) is 5.96. The molecule has 2 N–H and O–H groups in total. The fraction of sp³-hybridized carbons (Fsp3) is 0.412. The molecule has 2 unspecified atom stereocenters. The van der Waals surface area contributed by atoms with Crippen molar-refractivity contribution in [1.82, 2.24) is 14.9 Å². The topological polar surface area (TPSA) is 64.3 Å². The smallest absolute Gasteiger partial charge is 0.144 e. The maximum Gasteiger partial charge on any atom is 0.144 e. The minimum atomic E-state index is 0.370. The van der Waals surface area contributed by atoms with Crippen molar-refractivity contribution in [3.63, 3.8) is 0 Å². The molecule has 0 saturated carbocycles. The standard InChI is InChI=1S/C17H22N4O/c1-12-8-15(13-4-3-5-14(9-13)22-2)21(10-12)11-17-19-7-6-16(18)20-17/h3-7,9,12,15H,8,10-11H2,1-2H3,(H2,18,19,20). The molecule has 0 radical (unpaired) electrons. The number of nitrogens with two attached hydrogens (primary N) is 1. The summed E-state index contributed by atoms with van der Waals surface area (Å²) in [7, 11) is 1.70. The van der Waals surface area contributed by atoms with E-state index in [0.29, 0.717) is 17.8 Å². The van der Waals surface area contributed by atoms with Gasteiger partial charge in [0.05, 0.1) is 13.7 Å². The lowest BCUT2D eigenvalue weighted by Gasteiger charge is -2.24. The summed E-state index contributed by atoms with van der Waals surface area (Å²) in [6, 6.07) is 10.4. The first-order valence-corrected chi connectivity index (χ1v) is 7.61. The van der Waals surface area contributed by atoms with E-state index in [-0.39, 0.29) is 0 Å². The molecule has 1 saturated heterocycles. The molecule has 0 aliphatic carbocycles. The lowest BCUT2D eigenvalue weighted by Crippen LogP contribution is -2.24. The van der Waals surface area contributed by atoms with Gasteiger partial charge in [-0.2, -0.15) is 0 Å². The number of nitrogen functional groups attached to an aromatic ring is 1. The number of hydrogen-bond donors (Lipinski definition) is 1. The number of anilines is 1. The maximum absolute atomic E-state index is 5.76. The van der Waals surface area contributed by atoms with Crippen LogP contribution in [0, 0.1) is 5.92 Å². The largest absolute Gasteiger partial charge is 0.497 e. The highest BCUT2D eigenvalue weighted by Crippen LogP contribution is 2.37. The third-order valence-electron chi connectivity index (χ3n) is 4.16. The Kier molecular flexibility index (Phi) is 4.24. The van der Waals surface area contributed by atoms with Crippen molar-refractivity contribution in [2.24, 2.45) is 5.92 Å². The molecule has 2 atom stereocenters. The van der Waals surface area contributed by atoms with E-state index in [1.165, 1.54) is 5.56 Å². The van der Waals surface area contributed by atoms with Crippen LogP contribution in [0.25, 0.3) is 0 Å². The second kappa shape index (κ2) is 6.32. The molecule has 1 aromatic heterocycles. The fourth-order valence-corrected chi connectivity index (χ4v) is 3.18. The summed E-state index contributed by atoms with van der Waals surface area (Å²) < 4.78 is 5.35. The number of rotatable bonds is 4. The highest BCUT2D eigenvalue weighted by Gasteiger charge is 2.31. The molecule has 0 bridgehead atoms. The summed E-state index contributed by atoms with van der Waals surface area (Å²) >= 11 is 0. The van der Waals surface area contributed by atoms with Gasteiger partial charge in [0.1, 0.15) is 17.4 Å². The Morgan fingerprint density at radius 1 is 1.36 bits per heavy atom. The zero-order valence-electron chi connectivity index (χ0n) is 13.1. The van der Waals surface area contributed by atoms with Crippen LogP contribution in [0.15, 0.2) is 36.5 Å². The summed E-state index contributed by atoms with van der Waals surface area (Å²) in [5.41, 5.74) is 7.04. The molecule has 2 aromatic rings. The predicted octanol–water partition coefficient (Wildman–Crippen LogP) is 2.65. The number of benzene rings is 1.